The highest BCUT2D eigenvalue weighted by molar-refractivity contribution is 7.83. The summed E-state index contributed by atoms with van der Waals surface area (Å²) in [5.74, 6) is -0.404. The molecular weight excluding hydrogens is 571 g/mol. The van der Waals surface area contributed by atoms with Crippen LogP contribution in [0, 0.1) is 5.92 Å². The number of carboxylic acids is 1. The molecule has 220 valence electrons. The van der Waals surface area contributed by atoms with Crippen LogP contribution in [-0.4, -0.2) is 27.7 Å². The van der Waals surface area contributed by atoms with E-state index in [1.807, 2.05) is 30.3 Å². The molecule has 7 nitrogen and oxygen atoms in total. The van der Waals surface area contributed by atoms with Gasteiger partial charge in [0, 0.05) is 0 Å². The SMILES string of the molecule is CC(C)C(NS(=O)c1ccc(-c2ccc(COc3ccc(Oc4ccccc4)cc3)cc2)cc1OC(F)(F)F)C(=O)O. The number of benzene rings is 4. The number of ether oxygens (including phenoxy) is 3. The highest BCUT2D eigenvalue weighted by atomic mass is 32.2. The summed E-state index contributed by atoms with van der Waals surface area (Å²) in [5, 5.41) is 9.35. The fraction of sp³-hybridized carbons (Fsp3) is 0.194. The molecule has 0 fully saturated rings. The second-order valence-electron chi connectivity index (χ2n) is 9.53. The smallest absolute Gasteiger partial charge is 0.489 e. The first-order valence-electron chi connectivity index (χ1n) is 12.8. The fourth-order valence-electron chi connectivity index (χ4n) is 3.88. The molecule has 2 atom stereocenters. The summed E-state index contributed by atoms with van der Waals surface area (Å²) in [6.45, 7) is 3.43. The van der Waals surface area contributed by atoms with Crippen LogP contribution < -0.4 is 18.9 Å². The van der Waals surface area contributed by atoms with E-state index in [1.54, 1.807) is 62.4 Å². The van der Waals surface area contributed by atoms with Crippen molar-refractivity contribution in [1.29, 1.82) is 0 Å². The Bertz CT molecular complexity index is 1510. The van der Waals surface area contributed by atoms with Crippen molar-refractivity contribution in [2.24, 2.45) is 5.92 Å². The molecule has 4 rings (SSSR count). The minimum atomic E-state index is -5.05. The molecule has 0 aromatic heterocycles. The van der Waals surface area contributed by atoms with Gasteiger partial charge in [0.2, 0.25) is 0 Å². The Morgan fingerprint density at radius 3 is 2.05 bits per heavy atom. The van der Waals surface area contributed by atoms with Crippen molar-refractivity contribution >= 4 is 17.0 Å². The van der Waals surface area contributed by atoms with Gasteiger partial charge in [0.1, 0.15) is 46.6 Å². The van der Waals surface area contributed by atoms with Crippen molar-refractivity contribution in [2.75, 3.05) is 0 Å². The van der Waals surface area contributed by atoms with E-state index < -0.39 is 41.0 Å². The van der Waals surface area contributed by atoms with Gasteiger partial charge in [0.05, 0.1) is 4.90 Å². The highest BCUT2D eigenvalue weighted by Crippen LogP contribution is 2.33. The average molecular weight is 600 g/mol. The third kappa shape index (κ3) is 8.58. The Labute approximate surface area is 243 Å². The number of aliphatic carboxylic acids is 1. The van der Waals surface area contributed by atoms with Crippen LogP contribution in [0.3, 0.4) is 0 Å². The predicted molar refractivity (Wildman–Crippen MR) is 152 cm³/mol. The monoisotopic (exact) mass is 599 g/mol. The summed E-state index contributed by atoms with van der Waals surface area (Å²) in [6, 6.07) is 26.1. The van der Waals surface area contributed by atoms with Crippen molar-refractivity contribution in [3.63, 3.8) is 0 Å². The van der Waals surface area contributed by atoms with E-state index in [0.717, 1.165) is 17.4 Å². The normalized spacial score (nSPS) is 12.9. The standard InChI is InChI=1S/C31H28F3NO6S/c1-20(2)29(30(36)37)35-42(38)28-17-12-23(18-27(28)41-31(32,33)34)22-10-8-21(9-11-22)19-39-24-13-15-26(16-14-24)40-25-6-4-3-5-7-25/h3-18,20,29,35H,19H2,1-2H3,(H,36,37). The number of hydrogen-bond acceptors (Lipinski definition) is 5. The second-order valence-corrected chi connectivity index (χ2v) is 10.7. The van der Waals surface area contributed by atoms with Gasteiger partial charge in [-0.25, -0.2) is 8.93 Å². The van der Waals surface area contributed by atoms with Crippen molar-refractivity contribution < 1.29 is 41.5 Å². The largest absolute Gasteiger partial charge is 0.573 e. The quantitative estimate of drug-likeness (QED) is 0.177. The van der Waals surface area contributed by atoms with Crippen LogP contribution in [0.4, 0.5) is 13.2 Å². The van der Waals surface area contributed by atoms with E-state index in [0.29, 0.717) is 22.6 Å². The number of carbonyl (C=O) groups is 1. The van der Waals surface area contributed by atoms with Gasteiger partial charge in [-0.2, -0.15) is 0 Å². The maximum Gasteiger partial charge on any atom is 0.573 e. The molecule has 0 amide bonds. The van der Waals surface area contributed by atoms with E-state index in [2.05, 4.69) is 9.46 Å². The highest BCUT2D eigenvalue weighted by Gasteiger charge is 2.34. The van der Waals surface area contributed by atoms with Crippen LogP contribution in [0.2, 0.25) is 0 Å². The summed E-state index contributed by atoms with van der Waals surface area (Å²) in [5.41, 5.74) is 1.80. The van der Waals surface area contributed by atoms with Gasteiger partial charge in [-0.1, -0.05) is 62.4 Å². The van der Waals surface area contributed by atoms with Crippen LogP contribution in [0.1, 0.15) is 19.4 Å². The summed E-state index contributed by atoms with van der Waals surface area (Å²) in [6.07, 6.45) is -5.05. The topological polar surface area (TPSA) is 94.1 Å². The molecule has 2 unspecified atom stereocenters. The van der Waals surface area contributed by atoms with Gasteiger partial charge in [-0.3, -0.25) is 4.79 Å². The van der Waals surface area contributed by atoms with E-state index in [9.17, 15) is 27.3 Å². The number of carboxylic acid groups (broad SMARTS) is 1. The first-order valence-corrected chi connectivity index (χ1v) is 14.0. The van der Waals surface area contributed by atoms with Crippen molar-refractivity contribution in [3.05, 3.63) is 103 Å². The molecule has 2 N–H and O–H groups in total. The number of para-hydroxylation sites is 1. The zero-order valence-corrected chi connectivity index (χ0v) is 23.4. The number of alkyl halides is 3. The third-order valence-corrected chi connectivity index (χ3v) is 7.24. The van der Waals surface area contributed by atoms with Gasteiger partial charge in [-0.05, 0) is 71.1 Å². The van der Waals surface area contributed by atoms with Crippen molar-refractivity contribution in [3.8, 4) is 34.1 Å². The van der Waals surface area contributed by atoms with Gasteiger partial charge < -0.3 is 19.3 Å². The summed E-state index contributed by atoms with van der Waals surface area (Å²) in [4.78, 5) is 11.1. The van der Waals surface area contributed by atoms with Gasteiger partial charge >= 0.3 is 12.3 Å². The lowest BCUT2D eigenvalue weighted by atomic mass is 10.0. The van der Waals surface area contributed by atoms with Crippen LogP contribution in [0.15, 0.2) is 102 Å². The van der Waals surface area contributed by atoms with E-state index in [-0.39, 0.29) is 11.5 Å². The molecule has 0 saturated carbocycles. The zero-order valence-electron chi connectivity index (χ0n) is 22.6. The molecule has 42 heavy (non-hydrogen) atoms. The Hall–Kier alpha value is -4.35. The first kappa shape index (κ1) is 30.6. The molecule has 0 aliphatic carbocycles. The summed E-state index contributed by atoms with van der Waals surface area (Å²) >= 11 is 0. The first-order chi connectivity index (χ1) is 20.0. The van der Waals surface area contributed by atoms with Crippen LogP contribution in [0.5, 0.6) is 23.0 Å². The third-order valence-electron chi connectivity index (χ3n) is 6.03. The number of hydrogen-bond donors (Lipinski definition) is 2. The lowest BCUT2D eigenvalue weighted by Crippen LogP contribution is -2.41. The molecule has 0 bridgehead atoms. The molecule has 0 heterocycles. The van der Waals surface area contributed by atoms with E-state index in [1.165, 1.54) is 12.1 Å². The minimum absolute atomic E-state index is 0.256. The molecule has 0 spiro atoms. The lowest BCUT2D eigenvalue weighted by molar-refractivity contribution is -0.275. The molecule has 11 heteroatoms. The van der Waals surface area contributed by atoms with Crippen molar-refractivity contribution in [2.45, 2.75) is 37.8 Å². The molecular formula is C31H28F3NO6S. The van der Waals surface area contributed by atoms with Gasteiger partial charge in [-0.15, -0.1) is 13.2 Å². The Balaban J connectivity index is 1.44. The number of halogens is 3. The maximum atomic E-state index is 13.2. The second kappa shape index (κ2) is 13.5. The summed E-state index contributed by atoms with van der Waals surface area (Å²) in [7, 11) is -2.28. The summed E-state index contributed by atoms with van der Waals surface area (Å²) < 4.78 is 70.5. The fourth-order valence-corrected chi connectivity index (χ4v) is 5.09. The van der Waals surface area contributed by atoms with Crippen LogP contribution >= 0.6 is 0 Å². The van der Waals surface area contributed by atoms with Gasteiger partial charge in [0.25, 0.3) is 0 Å². The van der Waals surface area contributed by atoms with Crippen LogP contribution in [-0.2, 0) is 22.4 Å². The molecule has 0 saturated heterocycles. The molecule has 4 aromatic rings. The minimum Gasteiger partial charge on any atom is -0.489 e. The van der Waals surface area contributed by atoms with Crippen molar-refractivity contribution in [1.82, 2.24) is 4.72 Å². The van der Waals surface area contributed by atoms with E-state index >= 15 is 0 Å². The Kier molecular flexibility index (Phi) is 9.87. The lowest BCUT2D eigenvalue weighted by Gasteiger charge is -2.19. The number of rotatable bonds is 12. The average Bonchev–Trinajstić information content (AvgIpc) is 2.95. The molecule has 0 aliphatic rings. The molecule has 4 aromatic carbocycles. The van der Waals surface area contributed by atoms with Crippen LogP contribution in [0.25, 0.3) is 11.1 Å². The Morgan fingerprint density at radius 1 is 0.857 bits per heavy atom. The number of nitrogens with one attached hydrogen (secondary N) is 1. The van der Waals surface area contributed by atoms with E-state index in [4.69, 9.17) is 9.47 Å². The maximum absolute atomic E-state index is 13.2. The molecule has 0 radical (unpaired) electrons. The zero-order chi connectivity index (χ0) is 30.3. The Morgan fingerprint density at radius 2 is 1.45 bits per heavy atom. The van der Waals surface area contributed by atoms with Gasteiger partial charge in [0.15, 0.2) is 0 Å². The predicted octanol–water partition coefficient (Wildman–Crippen LogP) is 7.34. The molecule has 0 aliphatic heterocycles.